The number of aliphatic hydroxyl groups is 1. The minimum Gasteiger partial charge on any atom is -0.432 e. The number of pyridine rings is 1. The van der Waals surface area contributed by atoms with E-state index in [1.807, 2.05) is 24.3 Å². The molecule has 4 aromatic rings. The average Bonchev–Trinajstić information content (AvgIpc) is 3.23. The van der Waals surface area contributed by atoms with Gasteiger partial charge in [-0.05, 0) is 31.0 Å². The normalized spacial score (nSPS) is 19.5. The first-order valence-corrected chi connectivity index (χ1v) is 10.2. The SMILES string of the molecule is O=C(c1oc(C2(O)CC2)nc1C(F)F)N1CCc2[nH]cnc2[C@H]1c1cc2ccccn2n1. The molecule has 5 heterocycles. The van der Waals surface area contributed by atoms with Gasteiger partial charge >= 0.3 is 0 Å². The summed E-state index contributed by atoms with van der Waals surface area (Å²) in [6.07, 6.45) is 1.49. The molecule has 0 radical (unpaired) electrons. The summed E-state index contributed by atoms with van der Waals surface area (Å²) in [5, 5.41) is 14.9. The van der Waals surface area contributed by atoms with Crippen LogP contribution in [0.1, 0.15) is 64.5 Å². The van der Waals surface area contributed by atoms with Crippen molar-refractivity contribution >= 4 is 11.4 Å². The van der Waals surface area contributed by atoms with Gasteiger partial charge in [0.25, 0.3) is 12.3 Å². The molecule has 4 aromatic heterocycles. The summed E-state index contributed by atoms with van der Waals surface area (Å²) in [4.78, 5) is 26.2. The van der Waals surface area contributed by atoms with Crippen molar-refractivity contribution in [1.29, 1.82) is 0 Å². The molecule has 1 amide bonds. The third kappa shape index (κ3) is 2.84. The van der Waals surface area contributed by atoms with Gasteiger partial charge in [0.2, 0.25) is 11.7 Å². The molecule has 11 heteroatoms. The van der Waals surface area contributed by atoms with Gasteiger partial charge in [0.15, 0.2) is 5.69 Å². The molecule has 6 rings (SSSR count). The number of carbonyl (C=O) groups is 1. The van der Waals surface area contributed by atoms with Crippen LogP contribution < -0.4 is 0 Å². The highest BCUT2D eigenvalue weighted by Gasteiger charge is 2.49. The monoisotopic (exact) mass is 440 g/mol. The fourth-order valence-electron chi connectivity index (χ4n) is 4.18. The molecular weight excluding hydrogens is 422 g/mol. The Morgan fingerprint density at radius 2 is 2.19 bits per heavy atom. The number of rotatable bonds is 4. The lowest BCUT2D eigenvalue weighted by Gasteiger charge is -2.33. The highest BCUT2D eigenvalue weighted by molar-refractivity contribution is 5.93. The number of nitrogens with zero attached hydrogens (tertiary/aromatic N) is 5. The first-order valence-electron chi connectivity index (χ1n) is 10.2. The minimum atomic E-state index is -3.02. The molecule has 0 unspecified atom stereocenters. The first-order chi connectivity index (χ1) is 15.4. The van der Waals surface area contributed by atoms with Crippen LogP contribution in [0.15, 0.2) is 41.2 Å². The molecule has 1 aliphatic carbocycles. The number of alkyl halides is 2. The third-order valence-electron chi connectivity index (χ3n) is 6.03. The van der Waals surface area contributed by atoms with Crippen molar-refractivity contribution in [3.05, 3.63) is 71.2 Å². The van der Waals surface area contributed by atoms with Crippen molar-refractivity contribution < 1.29 is 23.1 Å². The van der Waals surface area contributed by atoms with E-state index >= 15 is 0 Å². The maximum atomic E-state index is 13.7. The quantitative estimate of drug-likeness (QED) is 0.505. The van der Waals surface area contributed by atoms with Gasteiger partial charge in [-0.25, -0.2) is 23.3 Å². The van der Waals surface area contributed by atoms with Crippen LogP contribution in [0.2, 0.25) is 0 Å². The molecule has 1 saturated carbocycles. The van der Waals surface area contributed by atoms with Crippen molar-refractivity contribution in [1.82, 2.24) is 29.5 Å². The molecule has 1 aliphatic heterocycles. The number of fused-ring (bicyclic) bond motifs is 2. The number of carbonyl (C=O) groups excluding carboxylic acids is 1. The Bertz CT molecular complexity index is 1310. The number of halogens is 2. The number of aromatic nitrogens is 5. The minimum absolute atomic E-state index is 0.238. The second kappa shape index (κ2) is 6.70. The molecule has 1 atom stereocenters. The third-order valence-corrected chi connectivity index (χ3v) is 6.03. The number of H-pyrrole nitrogens is 1. The summed E-state index contributed by atoms with van der Waals surface area (Å²) in [7, 11) is 0. The second-order valence-corrected chi connectivity index (χ2v) is 8.12. The molecule has 0 saturated heterocycles. The van der Waals surface area contributed by atoms with E-state index in [1.54, 1.807) is 17.0 Å². The van der Waals surface area contributed by atoms with Gasteiger partial charge < -0.3 is 19.4 Å². The number of imidazole rings is 1. The fraction of sp³-hybridized carbons (Fsp3) is 0.333. The van der Waals surface area contributed by atoms with Gasteiger partial charge in [-0.2, -0.15) is 5.10 Å². The number of hydrogen-bond acceptors (Lipinski definition) is 6. The molecule has 2 N–H and O–H groups in total. The number of amides is 1. The zero-order chi connectivity index (χ0) is 22.0. The summed E-state index contributed by atoms with van der Waals surface area (Å²) < 4.78 is 34.6. The Kier molecular flexibility index (Phi) is 4.00. The van der Waals surface area contributed by atoms with Crippen LogP contribution in [0.4, 0.5) is 8.78 Å². The molecule has 9 nitrogen and oxygen atoms in total. The fourth-order valence-corrected chi connectivity index (χ4v) is 4.18. The van der Waals surface area contributed by atoms with Crippen LogP contribution in [0.25, 0.3) is 5.52 Å². The van der Waals surface area contributed by atoms with Crippen molar-refractivity contribution in [2.24, 2.45) is 0 Å². The van der Waals surface area contributed by atoms with Gasteiger partial charge in [-0.15, -0.1) is 0 Å². The Morgan fingerprint density at radius 1 is 1.34 bits per heavy atom. The van der Waals surface area contributed by atoms with Gasteiger partial charge in [0.1, 0.15) is 11.6 Å². The van der Waals surface area contributed by atoms with Crippen molar-refractivity contribution in [3.8, 4) is 0 Å². The largest absolute Gasteiger partial charge is 0.432 e. The van der Waals surface area contributed by atoms with Crippen LogP contribution in [0.3, 0.4) is 0 Å². The maximum Gasteiger partial charge on any atom is 0.292 e. The topological polar surface area (TPSA) is 113 Å². The number of aromatic amines is 1. The Labute approximate surface area is 179 Å². The summed E-state index contributed by atoms with van der Waals surface area (Å²) in [5.41, 5.74) is 0.704. The van der Waals surface area contributed by atoms with E-state index in [9.17, 15) is 18.7 Å². The highest BCUT2D eigenvalue weighted by atomic mass is 19.3. The molecule has 0 aromatic carbocycles. The Morgan fingerprint density at radius 3 is 2.94 bits per heavy atom. The van der Waals surface area contributed by atoms with Crippen molar-refractivity contribution in [2.75, 3.05) is 6.54 Å². The summed E-state index contributed by atoms with van der Waals surface area (Å²) in [5.74, 6) is -1.53. The lowest BCUT2D eigenvalue weighted by atomic mass is 9.99. The van der Waals surface area contributed by atoms with Crippen LogP contribution in [-0.4, -0.2) is 47.0 Å². The van der Waals surface area contributed by atoms with E-state index in [4.69, 9.17) is 4.42 Å². The molecule has 2 aliphatic rings. The van der Waals surface area contributed by atoms with Gasteiger partial charge in [0, 0.05) is 24.9 Å². The maximum absolute atomic E-state index is 13.7. The second-order valence-electron chi connectivity index (χ2n) is 8.12. The number of oxazole rings is 1. The molecule has 0 bridgehead atoms. The zero-order valence-corrected chi connectivity index (χ0v) is 16.7. The van der Waals surface area contributed by atoms with Crippen molar-refractivity contribution in [2.45, 2.75) is 37.3 Å². The first kappa shape index (κ1) is 19.1. The Balaban J connectivity index is 1.45. The lowest BCUT2D eigenvalue weighted by molar-refractivity contribution is 0.0624. The van der Waals surface area contributed by atoms with Crippen LogP contribution in [-0.2, 0) is 12.0 Å². The lowest BCUT2D eigenvalue weighted by Crippen LogP contribution is -2.41. The van der Waals surface area contributed by atoms with Crippen LogP contribution in [0.5, 0.6) is 0 Å². The zero-order valence-electron chi connectivity index (χ0n) is 16.7. The smallest absolute Gasteiger partial charge is 0.292 e. The standard InChI is InChI=1S/C21H18F2N6O3/c22-18(23)15-17(32-20(26-15)21(31)5-6-21)19(30)28-8-4-12-14(25-10-24-12)16(28)13-9-11-3-1-2-7-29(11)27-13/h1-3,7,9-10,16,18,31H,4-6,8H2,(H,24,25)/t16-/m1/s1. The summed E-state index contributed by atoms with van der Waals surface area (Å²) in [6.45, 7) is 0.246. The summed E-state index contributed by atoms with van der Waals surface area (Å²) >= 11 is 0. The average molecular weight is 440 g/mol. The van der Waals surface area contributed by atoms with E-state index in [0.29, 0.717) is 30.7 Å². The van der Waals surface area contributed by atoms with E-state index < -0.39 is 35.4 Å². The predicted molar refractivity (Wildman–Crippen MR) is 105 cm³/mol. The van der Waals surface area contributed by atoms with E-state index in [1.165, 1.54) is 4.90 Å². The van der Waals surface area contributed by atoms with Gasteiger partial charge in [0.05, 0.1) is 23.2 Å². The predicted octanol–water partition coefficient (Wildman–Crippen LogP) is 2.75. The molecule has 1 fully saturated rings. The van der Waals surface area contributed by atoms with Crippen LogP contribution in [0, 0.1) is 0 Å². The Hall–Kier alpha value is -3.60. The summed E-state index contributed by atoms with van der Waals surface area (Å²) in [6, 6.07) is 6.73. The van der Waals surface area contributed by atoms with E-state index in [0.717, 1.165) is 11.2 Å². The molecule has 0 spiro atoms. The van der Waals surface area contributed by atoms with Crippen LogP contribution >= 0.6 is 0 Å². The number of nitrogens with one attached hydrogen (secondary N) is 1. The highest BCUT2D eigenvalue weighted by Crippen LogP contribution is 2.46. The van der Waals surface area contributed by atoms with Gasteiger partial charge in [-0.3, -0.25) is 4.79 Å². The molecule has 164 valence electrons. The number of hydrogen-bond donors (Lipinski definition) is 2. The van der Waals surface area contributed by atoms with E-state index in [2.05, 4.69) is 20.1 Å². The molecule has 32 heavy (non-hydrogen) atoms. The van der Waals surface area contributed by atoms with Gasteiger partial charge in [-0.1, -0.05) is 6.07 Å². The molecular formula is C21H18F2N6O3. The van der Waals surface area contributed by atoms with E-state index in [-0.39, 0.29) is 12.4 Å². The van der Waals surface area contributed by atoms with Crippen molar-refractivity contribution in [3.63, 3.8) is 0 Å².